The Morgan fingerprint density at radius 2 is 1.67 bits per heavy atom. The molecular formula is C43H42GeIrN2S-2. The molecule has 0 saturated carbocycles. The molecule has 0 unspecified atom stereocenters. The minimum atomic E-state index is -2.08. The minimum Gasteiger partial charge on any atom is -0.305 e. The van der Waals surface area contributed by atoms with Gasteiger partial charge in [-0.1, -0.05) is 73.3 Å². The summed E-state index contributed by atoms with van der Waals surface area (Å²) in [7, 11) is 0. The maximum Gasteiger partial charge on any atom is 0.0318 e. The molecule has 3 aromatic heterocycles. The van der Waals surface area contributed by atoms with Crippen LogP contribution in [-0.4, -0.2) is 23.2 Å². The molecule has 0 N–H and O–H groups in total. The van der Waals surface area contributed by atoms with Crippen LogP contribution >= 0.6 is 11.3 Å². The molecule has 0 aliphatic rings. The quantitative estimate of drug-likeness (QED) is 0.123. The first-order valence-corrected chi connectivity index (χ1v) is 24.1. The van der Waals surface area contributed by atoms with Crippen LogP contribution in [-0.2, 0) is 26.5 Å². The van der Waals surface area contributed by atoms with E-state index in [1.807, 2.05) is 38.2 Å². The molecule has 0 fully saturated rings. The molecule has 4 aromatic carbocycles. The largest absolute Gasteiger partial charge is 0.305 e. The molecule has 0 spiro atoms. The normalized spacial score (nSPS) is 13.4. The number of aryl methyl sites for hydroxylation is 2. The van der Waals surface area contributed by atoms with Crippen molar-refractivity contribution in [2.45, 2.75) is 51.3 Å². The molecule has 0 saturated heterocycles. The minimum absolute atomic E-state index is 0. The van der Waals surface area contributed by atoms with Gasteiger partial charge in [-0.15, -0.1) is 23.8 Å². The fourth-order valence-corrected chi connectivity index (χ4v) is 10.6. The molecule has 7 aromatic rings. The molecule has 1 radical (unpaired) electrons. The van der Waals surface area contributed by atoms with E-state index in [0.717, 1.165) is 27.2 Å². The van der Waals surface area contributed by atoms with Crippen molar-refractivity contribution in [3.8, 4) is 33.6 Å². The number of benzene rings is 4. The number of aromatic nitrogens is 2. The van der Waals surface area contributed by atoms with Crippen molar-refractivity contribution in [1.82, 2.24) is 9.97 Å². The Kier molecular flexibility index (Phi) is 9.48. The van der Waals surface area contributed by atoms with E-state index in [9.17, 15) is 0 Å². The molecule has 3 heterocycles. The van der Waals surface area contributed by atoms with Gasteiger partial charge >= 0.3 is 117 Å². The Morgan fingerprint density at radius 1 is 0.854 bits per heavy atom. The zero-order chi connectivity index (χ0) is 37.4. The van der Waals surface area contributed by atoms with Crippen molar-refractivity contribution < 1.29 is 27.0 Å². The van der Waals surface area contributed by atoms with Gasteiger partial charge in [0.1, 0.15) is 0 Å². The summed E-state index contributed by atoms with van der Waals surface area (Å²) in [5.74, 6) is 6.92. The summed E-state index contributed by atoms with van der Waals surface area (Å²) in [4.78, 5) is 9.12. The van der Waals surface area contributed by atoms with Crippen LogP contribution in [0.1, 0.15) is 37.4 Å². The first-order chi connectivity index (χ1) is 24.5. The molecule has 0 amide bonds. The van der Waals surface area contributed by atoms with Crippen molar-refractivity contribution in [3.05, 3.63) is 138 Å². The maximum absolute atomic E-state index is 8.47. The van der Waals surface area contributed by atoms with Gasteiger partial charge in [-0.25, -0.2) is 0 Å². The Morgan fingerprint density at radius 3 is 2.35 bits per heavy atom. The second kappa shape index (κ2) is 15.4. The average molecular weight is 889 g/mol. The molecule has 5 heteroatoms. The van der Waals surface area contributed by atoms with Crippen molar-refractivity contribution in [1.29, 1.82) is 0 Å². The van der Waals surface area contributed by atoms with Gasteiger partial charge < -0.3 is 4.98 Å². The summed E-state index contributed by atoms with van der Waals surface area (Å²) in [6, 6.07) is 38.2. The van der Waals surface area contributed by atoms with Crippen LogP contribution in [0.4, 0.5) is 0 Å². The summed E-state index contributed by atoms with van der Waals surface area (Å²) in [6.07, 6.45) is 2.28. The molecule has 0 bridgehead atoms. The van der Waals surface area contributed by atoms with E-state index in [2.05, 4.69) is 101 Å². The van der Waals surface area contributed by atoms with E-state index in [-0.39, 0.29) is 26.0 Å². The van der Waals surface area contributed by atoms with Crippen LogP contribution in [0.2, 0.25) is 17.3 Å². The van der Waals surface area contributed by atoms with Crippen molar-refractivity contribution in [2.75, 3.05) is 0 Å². The first-order valence-electron chi connectivity index (χ1n) is 18.4. The third-order valence-corrected chi connectivity index (χ3v) is 13.7. The van der Waals surface area contributed by atoms with Gasteiger partial charge in [0, 0.05) is 33.7 Å². The summed E-state index contributed by atoms with van der Waals surface area (Å²) in [5.41, 5.74) is 8.02. The van der Waals surface area contributed by atoms with Gasteiger partial charge in [-0.3, -0.25) is 0 Å². The SMILES string of the molecule is [2H]C([2H])([2H])c1c[c-]c(-c2cc(C)[c]([Ge]([CH3])([CH3])[CH3])cn2)cc1.[2H]C([2H])(c1ccnc(-c2[c-]ccc3c2sc2cc(-c4ccccc4)ccc23)c1)C(C)C.[Ir]. The van der Waals surface area contributed by atoms with Gasteiger partial charge in [0.15, 0.2) is 0 Å². The zero-order valence-corrected chi connectivity index (χ0v) is 33.4. The molecule has 0 aliphatic heterocycles. The molecule has 48 heavy (non-hydrogen) atoms. The molecule has 0 aliphatic carbocycles. The van der Waals surface area contributed by atoms with Gasteiger partial charge in [-0.2, -0.15) is 11.3 Å². The first kappa shape index (κ1) is 29.5. The van der Waals surface area contributed by atoms with E-state index in [1.54, 1.807) is 35.7 Å². The van der Waals surface area contributed by atoms with E-state index in [0.29, 0.717) is 11.1 Å². The van der Waals surface area contributed by atoms with Crippen LogP contribution in [0.3, 0.4) is 0 Å². The summed E-state index contributed by atoms with van der Waals surface area (Å²) in [6.45, 7) is 3.85. The third kappa shape index (κ3) is 8.23. The van der Waals surface area contributed by atoms with Crippen LogP contribution < -0.4 is 4.40 Å². The topological polar surface area (TPSA) is 25.8 Å². The fourth-order valence-electron chi connectivity index (χ4n) is 5.81. The second-order valence-electron chi connectivity index (χ2n) is 13.1. The van der Waals surface area contributed by atoms with E-state index < -0.39 is 26.5 Å². The van der Waals surface area contributed by atoms with Crippen LogP contribution in [0.5, 0.6) is 0 Å². The molecule has 0 atom stereocenters. The fraction of sp³-hybridized carbons (Fsp3) is 0.209. The van der Waals surface area contributed by atoms with E-state index >= 15 is 0 Å². The third-order valence-electron chi connectivity index (χ3n) is 8.02. The number of thiophene rings is 1. The Balaban J connectivity index is 0.000000216. The monoisotopic (exact) mass is 890 g/mol. The van der Waals surface area contributed by atoms with Gasteiger partial charge in [-0.05, 0) is 51.3 Å². The smallest absolute Gasteiger partial charge is 0.0318 e. The Labute approximate surface area is 313 Å². The number of hydrogen-bond donors (Lipinski definition) is 0. The standard InChI is InChI=1S/C27H22NS.C16H20GeN.Ir/c1-18(2)15-19-13-14-28-25(16-19)24-10-6-9-23-22-12-11-21(17-26(22)29-27(23)24)20-7-4-3-5-8-20;1-12-6-8-14(9-7-12)16-10-13(2)15(11-18-16)17(3,4)5;/h3-9,11-14,16-18H,15H2,1-2H3;6-8,10-11H,1-5H3;/q2*-1;/i15D2;1D3;. The molecule has 245 valence electrons. The summed E-state index contributed by atoms with van der Waals surface area (Å²) >= 11 is -0.141. The van der Waals surface area contributed by atoms with Crippen molar-refractivity contribution in [2.24, 2.45) is 5.92 Å². The van der Waals surface area contributed by atoms with Crippen LogP contribution in [0.25, 0.3) is 53.8 Å². The summed E-state index contributed by atoms with van der Waals surface area (Å²) in [5, 5.41) is 2.41. The predicted octanol–water partition coefficient (Wildman–Crippen LogP) is 11.5. The summed E-state index contributed by atoms with van der Waals surface area (Å²) < 4.78 is 42.9. The average Bonchev–Trinajstić information content (AvgIpc) is 3.49. The Bertz CT molecular complexity index is 2350. The van der Waals surface area contributed by atoms with Gasteiger partial charge in [0.05, 0.1) is 0 Å². The number of hydrogen-bond acceptors (Lipinski definition) is 3. The molecule has 2 nitrogen and oxygen atoms in total. The van der Waals surface area contributed by atoms with Crippen LogP contribution in [0.15, 0.2) is 109 Å². The van der Waals surface area contributed by atoms with Crippen molar-refractivity contribution in [3.63, 3.8) is 0 Å². The molecule has 7 rings (SSSR count). The molecular weight excluding hydrogens is 841 g/mol. The number of fused-ring (bicyclic) bond motifs is 3. The van der Waals surface area contributed by atoms with Crippen LogP contribution in [0, 0.1) is 31.8 Å². The zero-order valence-electron chi connectivity index (χ0n) is 33.1. The number of nitrogens with zero attached hydrogens (tertiary/aromatic N) is 2. The van der Waals surface area contributed by atoms with E-state index in [1.165, 1.54) is 42.6 Å². The number of pyridine rings is 2. The maximum atomic E-state index is 8.47. The van der Waals surface area contributed by atoms with Crippen molar-refractivity contribution >= 4 is 49.2 Å². The van der Waals surface area contributed by atoms with Gasteiger partial charge in [0.2, 0.25) is 0 Å². The number of rotatable bonds is 6. The van der Waals surface area contributed by atoms with Gasteiger partial charge in [0.25, 0.3) is 0 Å². The Hall–Kier alpha value is -3.41. The second-order valence-corrected chi connectivity index (χ2v) is 24.8. The van der Waals surface area contributed by atoms with E-state index in [4.69, 9.17) is 6.85 Å². The predicted molar refractivity (Wildman–Crippen MR) is 206 cm³/mol.